The molecule has 0 bridgehead atoms. The van der Waals surface area contributed by atoms with Gasteiger partial charge in [0.2, 0.25) is 11.8 Å². The molecule has 1 aromatic heterocycles. The van der Waals surface area contributed by atoms with Crippen molar-refractivity contribution in [3.63, 3.8) is 0 Å². The normalized spacial score (nSPS) is 16.6. The Morgan fingerprint density at radius 1 is 1.26 bits per heavy atom. The third-order valence-corrected chi connectivity index (χ3v) is 4.46. The molecule has 1 N–H and O–H groups in total. The van der Waals surface area contributed by atoms with Crippen molar-refractivity contribution in [2.24, 2.45) is 5.92 Å². The Morgan fingerprint density at radius 3 is 2.81 bits per heavy atom. The zero-order valence-corrected chi connectivity index (χ0v) is 15.0. The Kier molecular flexibility index (Phi) is 6.46. The molecule has 2 heterocycles. The van der Waals surface area contributed by atoms with Crippen LogP contribution in [0.1, 0.15) is 25.0 Å². The number of nitrogens with one attached hydrogen (secondary N) is 1. The smallest absolute Gasteiger partial charge is 0.225 e. The topological polar surface area (TPSA) is 71.8 Å². The lowest BCUT2D eigenvalue weighted by Crippen LogP contribution is -2.33. The molecule has 1 unspecified atom stereocenters. The van der Waals surface area contributed by atoms with Gasteiger partial charge in [-0.2, -0.15) is 0 Å². The molecule has 144 valence electrons. The first-order chi connectivity index (χ1) is 13.1. The molecule has 1 aliphatic rings. The number of nitrogens with zero attached hydrogens (tertiary/aromatic N) is 1. The van der Waals surface area contributed by atoms with Gasteiger partial charge in [0.15, 0.2) is 0 Å². The molecule has 6 nitrogen and oxygen atoms in total. The summed E-state index contributed by atoms with van der Waals surface area (Å²) >= 11 is 0. The average molecular weight is 374 g/mol. The van der Waals surface area contributed by atoms with Crippen LogP contribution in [0.5, 0.6) is 5.75 Å². The molecule has 3 rings (SSSR count). The molecule has 1 fully saturated rings. The number of hydrogen-bond acceptors (Lipinski definition) is 4. The van der Waals surface area contributed by atoms with E-state index in [1.807, 2.05) is 6.07 Å². The number of hydrogen-bond donors (Lipinski definition) is 1. The Morgan fingerprint density at radius 2 is 2.07 bits per heavy atom. The van der Waals surface area contributed by atoms with Crippen LogP contribution in [0.3, 0.4) is 0 Å². The van der Waals surface area contributed by atoms with Crippen molar-refractivity contribution in [2.75, 3.05) is 19.7 Å². The summed E-state index contributed by atoms with van der Waals surface area (Å²) in [5, 5.41) is 2.88. The van der Waals surface area contributed by atoms with E-state index in [1.165, 1.54) is 12.1 Å². The molecule has 1 aromatic carbocycles. The zero-order chi connectivity index (χ0) is 19.1. The number of rotatable bonds is 9. The number of benzene rings is 1. The molecule has 27 heavy (non-hydrogen) atoms. The van der Waals surface area contributed by atoms with E-state index in [1.54, 1.807) is 29.4 Å². The number of halogens is 1. The largest absolute Gasteiger partial charge is 0.494 e. The summed E-state index contributed by atoms with van der Waals surface area (Å²) in [6.07, 6.45) is 3.34. The average Bonchev–Trinajstić information content (AvgIpc) is 3.30. The van der Waals surface area contributed by atoms with E-state index in [9.17, 15) is 14.0 Å². The zero-order valence-electron chi connectivity index (χ0n) is 15.0. The Bertz CT molecular complexity index is 746. The van der Waals surface area contributed by atoms with Gasteiger partial charge >= 0.3 is 0 Å². The van der Waals surface area contributed by atoms with E-state index in [4.69, 9.17) is 9.15 Å². The SMILES string of the molecule is O=C(NCCCCOc1ccc(F)cc1)C1CC(=O)N(Cc2ccco2)C1. The second kappa shape index (κ2) is 9.21. The highest BCUT2D eigenvalue weighted by Gasteiger charge is 2.34. The summed E-state index contributed by atoms with van der Waals surface area (Å²) in [5.74, 6) is 0.609. The van der Waals surface area contributed by atoms with Crippen LogP contribution in [0.2, 0.25) is 0 Å². The molecule has 0 saturated carbocycles. The van der Waals surface area contributed by atoms with Crippen molar-refractivity contribution in [3.8, 4) is 5.75 Å². The molecule has 1 atom stereocenters. The molecule has 2 aromatic rings. The van der Waals surface area contributed by atoms with Crippen LogP contribution in [0.15, 0.2) is 47.1 Å². The van der Waals surface area contributed by atoms with E-state index in [-0.39, 0.29) is 30.0 Å². The van der Waals surface area contributed by atoms with Gasteiger partial charge in [0.25, 0.3) is 0 Å². The number of unbranched alkanes of at least 4 members (excludes halogenated alkanes) is 1. The van der Waals surface area contributed by atoms with Crippen LogP contribution in [0, 0.1) is 11.7 Å². The van der Waals surface area contributed by atoms with Gasteiger partial charge in [-0.1, -0.05) is 0 Å². The molecule has 2 amide bonds. The van der Waals surface area contributed by atoms with Gasteiger partial charge in [-0.25, -0.2) is 4.39 Å². The van der Waals surface area contributed by atoms with Gasteiger partial charge in [-0.05, 0) is 49.2 Å². The second-order valence-electron chi connectivity index (χ2n) is 6.56. The standard InChI is InChI=1S/C20H23FN2O4/c21-16-5-7-17(8-6-16)26-10-2-1-9-22-20(25)15-12-19(24)23(13-15)14-18-4-3-11-27-18/h3-8,11,15H,1-2,9-10,12-14H2,(H,22,25). The molecule has 0 aliphatic carbocycles. The Balaban J connectivity index is 1.30. The lowest BCUT2D eigenvalue weighted by atomic mass is 10.1. The van der Waals surface area contributed by atoms with Crippen molar-refractivity contribution in [1.29, 1.82) is 0 Å². The summed E-state index contributed by atoms with van der Waals surface area (Å²) in [4.78, 5) is 25.9. The fraction of sp³-hybridized carbons (Fsp3) is 0.400. The minimum Gasteiger partial charge on any atom is -0.494 e. The van der Waals surface area contributed by atoms with Crippen LogP contribution in [0.25, 0.3) is 0 Å². The maximum absolute atomic E-state index is 12.8. The van der Waals surface area contributed by atoms with Crippen molar-refractivity contribution in [1.82, 2.24) is 10.2 Å². The first-order valence-corrected chi connectivity index (χ1v) is 9.08. The molecular weight excluding hydrogens is 351 g/mol. The number of amides is 2. The van der Waals surface area contributed by atoms with Crippen molar-refractivity contribution in [2.45, 2.75) is 25.8 Å². The monoisotopic (exact) mass is 374 g/mol. The first-order valence-electron chi connectivity index (χ1n) is 9.08. The quantitative estimate of drug-likeness (QED) is 0.685. The molecule has 0 spiro atoms. The maximum Gasteiger partial charge on any atom is 0.225 e. The van der Waals surface area contributed by atoms with E-state index in [0.29, 0.717) is 37.8 Å². The Hall–Kier alpha value is -2.83. The maximum atomic E-state index is 12.8. The minimum absolute atomic E-state index is 0.0285. The number of likely N-dealkylation sites (tertiary alicyclic amines) is 1. The highest BCUT2D eigenvalue weighted by molar-refractivity contribution is 5.89. The number of ether oxygens (including phenoxy) is 1. The van der Waals surface area contributed by atoms with E-state index >= 15 is 0 Å². The summed E-state index contributed by atoms with van der Waals surface area (Å²) in [6, 6.07) is 9.47. The van der Waals surface area contributed by atoms with Gasteiger partial charge in [0.05, 0.1) is 25.3 Å². The van der Waals surface area contributed by atoms with Crippen LogP contribution in [0.4, 0.5) is 4.39 Å². The third kappa shape index (κ3) is 5.57. The fourth-order valence-electron chi connectivity index (χ4n) is 3.00. The third-order valence-electron chi connectivity index (χ3n) is 4.46. The highest BCUT2D eigenvalue weighted by Crippen LogP contribution is 2.20. The van der Waals surface area contributed by atoms with Crippen molar-refractivity contribution >= 4 is 11.8 Å². The van der Waals surface area contributed by atoms with Crippen LogP contribution in [-0.2, 0) is 16.1 Å². The second-order valence-corrected chi connectivity index (χ2v) is 6.56. The molecule has 7 heteroatoms. The predicted molar refractivity (Wildman–Crippen MR) is 96.4 cm³/mol. The summed E-state index contributed by atoms with van der Waals surface area (Å²) < 4.78 is 23.6. The van der Waals surface area contributed by atoms with Crippen LogP contribution in [-0.4, -0.2) is 36.4 Å². The molecule has 1 aliphatic heterocycles. The van der Waals surface area contributed by atoms with Gasteiger partial charge in [0, 0.05) is 19.5 Å². The van der Waals surface area contributed by atoms with E-state index < -0.39 is 0 Å². The van der Waals surface area contributed by atoms with E-state index in [2.05, 4.69) is 5.32 Å². The van der Waals surface area contributed by atoms with Gasteiger partial charge < -0.3 is 19.4 Å². The lowest BCUT2D eigenvalue weighted by Gasteiger charge is -2.15. The summed E-state index contributed by atoms with van der Waals surface area (Å²) in [5.41, 5.74) is 0. The highest BCUT2D eigenvalue weighted by atomic mass is 19.1. The first kappa shape index (κ1) is 18.9. The lowest BCUT2D eigenvalue weighted by molar-refractivity contribution is -0.129. The molecule has 1 saturated heterocycles. The molecule has 0 radical (unpaired) electrons. The van der Waals surface area contributed by atoms with Gasteiger partial charge in [-0.3, -0.25) is 9.59 Å². The van der Waals surface area contributed by atoms with Crippen LogP contribution >= 0.6 is 0 Å². The molecular formula is C20H23FN2O4. The minimum atomic E-state index is -0.317. The van der Waals surface area contributed by atoms with Gasteiger partial charge in [0.1, 0.15) is 17.3 Å². The predicted octanol–water partition coefficient (Wildman–Crippen LogP) is 2.74. The van der Waals surface area contributed by atoms with Crippen molar-refractivity contribution in [3.05, 3.63) is 54.2 Å². The summed E-state index contributed by atoms with van der Waals surface area (Å²) in [7, 11) is 0. The number of carbonyl (C=O) groups is 2. The number of carbonyl (C=O) groups excluding carboxylic acids is 2. The van der Waals surface area contributed by atoms with Crippen molar-refractivity contribution < 1.29 is 23.1 Å². The Labute approximate surface area is 157 Å². The van der Waals surface area contributed by atoms with Crippen LogP contribution < -0.4 is 10.1 Å². The van der Waals surface area contributed by atoms with E-state index in [0.717, 1.165) is 12.8 Å². The van der Waals surface area contributed by atoms with Gasteiger partial charge in [-0.15, -0.1) is 0 Å². The summed E-state index contributed by atoms with van der Waals surface area (Å²) in [6.45, 7) is 1.85. The number of furan rings is 1. The fourth-order valence-corrected chi connectivity index (χ4v) is 3.00.